The van der Waals surface area contributed by atoms with Gasteiger partial charge < -0.3 is 18.9 Å². The molecule has 0 saturated carbocycles. The monoisotopic (exact) mass is 466 g/mol. The Labute approximate surface area is 196 Å². The Morgan fingerprint density at radius 1 is 1.21 bits per heavy atom. The zero-order valence-corrected chi connectivity index (χ0v) is 19.5. The van der Waals surface area contributed by atoms with Gasteiger partial charge in [0.1, 0.15) is 17.2 Å². The van der Waals surface area contributed by atoms with Gasteiger partial charge in [-0.15, -0.1) is 0 Å². The van der Waals surface area contributed by atoms with Crippen LogP contribution < -0.4 is 4.74 Å². The van der Waals surface area contributed by atoms with Crippen molar-refractivity contribution in [3.63, 3.8) is 0 Å². The average Bonchev–Trinajstić information content (AvgIpc) is 3.39. The van der Waals surface area contributed by atoms with E-state index in [2.05, 4.69) is 32.0 Å². The van der Waals surface area contributed by atoms with Crippen molar-refractivity contribution >= 4 is 11.2 Å². The summed E-state index contributed by atoms with van der Waals surface area (Å²) >= 11 is 0. The van der Waals surface area contributed by atoms with Gasteiger partial charge in [0.15, 0.2) is 5.65 Å². The molecule has 1 unspecified atom stereocenters. The summed E-state index contributed by atoms with van der Waals surface area (Å²) in [5.74, 6) is 0.122. The van der Waals surface area contributed by atoms with Gasteiger partial charge in [-0.2, -0.15) is 15.1 Å². The van der Waals surface area contributed by atoms with E-state index in [0.717, 1.165) is 25.3 Å². The lowest BCUT2D eigenvalue weighted by Gasteiger charge is -2.29. The highest BCUT2D eigenvalue weighted by atomic mass is 19.1. The fraction of sp³-hybridized carbons (Fsp3) is 0.435. The van der Waals surface area contributed by atoms with Crippen LogP contribution >= 0.6 is 0 Å². The molecule has 1 aliphatic rings. The quantitative estimate of drug-likeness (QED) is 0.410. The van der Waals surface area contributed by atoms with E-state index in [0.29, 0.717) is 47.9 Å². The summed E-state index contributed by atoms with van der Waals surface area (Å²) in [4.78, 5) is 20.0. The Morgan fingerprint density at radius 2 is 2.09 bits per heavy atom. The molecule has 178 valence electrons. The molecule has 11 heteroatoms. The molecule has 0 bridgehead atoms. The van der Waals surface area contributed by atoms with E-state index in [1.54, 1.807) is 6.20 Å². The van der Waals surface area contributed by atoms with Crippen molar-refractivity contribution < 1.29 is 13.9 Å². The summed E-state index contributed by atoms with van der Waals surface area (Å²) in [7, 11) is 2.09. The van der Waals surface area contributed by atoms with Gasteiger partial charge in [0.25, 0.3) is 0 Å². The van der Waals surface area contributed by atoms with Gasteiger partial charge in [-0.3, -0.25) is 9.67 Å². The molecule has 1 fully saturated rings. The first-order valence-electron chi connectivity index (χ1n) is 11.3. The molecule has 10 nitrogen and oxygen atoms in total. The number of hydrogen-bond donors (Lipinski definition) is 0. The SMILES string of the molecule is CCOc1nc(C)c2nc(-c3cncc(F)c3)n(Cc3cnn(CC4CN(C)CCO4)c3)c2n1. The van der Waals surface area contributed by atoms with E-state index in [4.69, 9.17) is 14.5 Å². The molecule has 0 spiro atoms. The fourth-order valence-corrected chi connectivity index (χ4v) is 4.17. The van der Waals surface area contributed by atoms with Crippen molar-refractivity contribution in [1.29, 1.82) is 0 Å². The first kappa shape index (κ1) is 22.4. The second-order valence-electron chi connectivity index (χ2n) is 8.44. The minimum atomic E-state index is -0.431. The third-order valence-electron chi connectivity index (χ3n) is 5.74. The average molecular weight is 467 g/mol. The number of rotatable bonds is 7. The highest BCUT2D eigenvalue weighted by Crippen LogP contribution is 2.27. The fourth-order valence-electron chi connectivity index (χ4n) is 4.17. The number of fused-ring (bicyclic) bond motifs is 1. The van der Waals surface area contributed by atoms with E-state index < -0.39 is 5.82 Å². The molecule has 0 aromatic carbocycles. The Bertz CT molecular complexity index is 1300. The Kier molecular flexibility index (Phi) is 6.20. The lowest BCUT2D eigenvalue weighted by atomic mass is 10.2. The number of imidazole rings is 1. The molecule has 1 aliphatic heterocycles. The summed E-state index contributed by atoms with van der Waals surface area (Å²) in [5, 5.41) is 4.53. The Morgan fingerprint density at radius 3 is 2.88 bits per heavy atom. The number of ether oxygens (including phenoxy) is 2. The van der Waals surface area contributed by atoms with Crippen LogP contribution in [0.3, 0.4) is 0 Å². The summed E-state index contributed by atoms with van der Waals surface area (Å²) in [5.41, 5.74) is 3.45. The third kappa shape index (κ3) is 4.62. The molecule has 4 aromatic heterocycles. The predicted octanol–water partition coefficient (Wildman–Crippen LogP) is 2.31. The molecule has 5 heterocycles. The first-order chi connectivity index (χ1) is 16.5. The summed E-state index contributed by atoms with van der Waals surface area (Å²) < 4.78 is 29.2. The summed E-state index contributed by atoms with van der Waals surface area (Å²) in [6.07, 6.45) is 6.67. The third-order valence-corrected chi connectivity index (χ3v) is 5.74. The van der Waals surface area contributed by atoms with E-state index in [9.17, 15) is 4.39 Å². The second-order valence-corrected chi connectivity index (χ2v) is 8.44. The number of morpholine rings is 1. The highest BCUT2D eigenvalue weighted by Gasteiger charge is 2.21. The standard InChI is InChI=1S/C23H27FN8O2/c1-4-33-23-27-15(2)20-22(29-23)32(21(28-20)17-7-18(24)10-25-9-17)12-16-8-26-31(11-16)14-19-13-30(3)5-6-34-19/h7-11,19H,4-6,12-14H2,1-3H3. The molecule has 34 heavy (non-hydrogen) atoms. The zero-order chi connectivity index (χ0) is 23.7. The van der Waals surface area contributed by atoms with Crippen LogP contribution in [-0.2, 0) is 17.8 Å². The molecule has 0 N–H and O–H groups in total. The van der Waals surface area contributed by atoms with Crippen LogP contribution in [0.25, 0.3) is 22.6 Å². The molecule has 0 amide bonds. The van der Waals surface area contributed by atoms with Crippen LogP contribution in [0.4, 0.5) is 4.39 Å². The zero-order valence-electron chi connectivity index (χ0n) is 19.5. The van der Waals surface area contributed by atoms with Crippen molar-refractivity contribution in [2.24, 2.45) is 0 Å². The number of pyridine rings is 1. The van der Waals surface area contributed by atoms with Gasteiger partial charge in [-0.05, 0) is 27.0 Å². The van der Waals surface area contributed by atoms with Crippen LogP contribution in [0.15, 0.2) is 30.9 Å². The van der Waals surface area contributed by atoms with Crippen molar-refractivity contribution in [3.8, 4) is 17.4 Å². The minimum Gasteiger partial charge on any atom is -0.464 e. The van der Waals surface area contributed by atoms with Crippen LogP contribution in [0.5, 0.6) is 6.01 Å². The van der Waals surface area contributed by atoms with Crippen molar-refractivity contribution in [2.75, 3.05) is 33.4 Å². The van der Waals surface area contributed by atoms with Crippen LogP contribution in [0, 0.1) is 12.7 Å². The number of halogens is 1. The van der Waals surface area contributed by atoms with Crippen molar-refractivity contribution in [3.05, 3.63) is 47.9 Å². The maximum atomic E-state index is 14.0. The van der Waals surface area contributed by atoms with Crippen molar-refractivity contribution in [2.45, 2.75) is 33.0 Å². The van der Waals surface area contributed by atoms with E-state index in [1.165, 1.54) is 12.3 Å². The van der Waals surface area contributed by atoms with Crippen LogP contribution in [0.1, 0.15) is 18.2 Å². The van der Waals surface area contributed by atoms with Crippen LogP contribution in [0.2, 0.25) is 0 Å². The maximum Gasteiger partial charge on any atom is 0.318 e. The van der Waals surface area contributed by atoms with Gasteiger partial charge in [-0.25, -0.2) is 9.37 Å². The summed E-state index contributed by atoms with van der Waals surface area (Å²) in [6, 6.07) is 1.70. The molecule has 0 radical (unpaired) electrons. The topological polar surface area (TPSA) is 96.0 Å². The molecular formula is C23H27FN8O2. The smallest absolute Gasteiger partial charge is 0.318 e. The molecule has 1 atom stereocenters. The van der Waals surface area contributed by atoms with Gasteiger partial charge in [0, 0.05) is 36.6 Å². The van der Waals surface area contributed by atoms with Gasteiger partial charge in [-0.1, -0.05) is 0 Å². The lowest BCUT2D eigenvalue weighted by molar-refractivity contribution is -0.0290. The van der Waals surface area contributed by atoms with E-state index in [1.807, 2.05) is 35.5 Å². The van der Waals surface area contributed by atoms with Crippen LogP contribution in [-0.4, -0.2) is 78.6 Å². The number of likely N-dealkylation sites (N-methyl/N-ethyl adjacent to an activating group) is 1. The highest BCUT2D eigenvalue weighted by molar-refractivity contribution is 5.79. The summed E-state index contributed by atoms with van der Waals surface area (Å²) in [6.45, 7) is 7.84. The second kappa shape index (κ2) is 9.43. The maximum absolute atomic E-state index is 14.0. The lowest BCUT2D eigenvalue weighted by Crippen LogP contribution is -2.42. The molecule has 4 aromatic rings. The number of nitrogens with zero attached hydrogens (tertiary/aromatic N) is 8. The van der Waals surface area contributed by atoms with Gasteiger partial charge in [0.2, 0.25) is 0 Å². The van der Waals surface area contributed by atoms with E-state index >= 15 is 0 Å². The molecule has 5 rings (SSSR count). The number of aromatic nitrogens is 7. The molecule has 1 saturated heterocycles. The number of aryl methyl sites for hydroxylation is 1. The van der Waals surface area contributed by atoms with Gasteiger partial charge in [0.05, 0.1) is 50.5 Å². The number of hydrogen-bond acceptors (Lipinski definition) is 8. The molecule has 0 aliphatic carbocycles. The molecular weight excluding hydrogens is 439 g/mol. The largest absolute Gasteiger partial charge is 0.464 e. The van der Waals surface area contributed by atoms with Crippen molar-refractivity contribution in [1.82, 2.24) is 39.2 Å². The predicted molar refractivity (Wildman–Crippen MR) is 123 cm³/mol. The minimum absolute atomic E-state index is 0.0960. The first-order valence-corrected chi connectivity index (χ1v) is 11.3. The Hall–Kier alpha value is -3.44. The Balaban J connectivity index is 1.51. The van der Waals surface area contributed by atoms with E-state index in [-0.39, 0.29) is 12.1 Å². The van der Waals surface area contributed by atoms with Gasteiger partial charge >= 0.3 is 6.01 Å². The normalized spacial score (nSPS) is 16.9.